The summed E-state index contributed by atoms with van der Waals surface area (Å²) in [5.41, 5.74) is 7.75. The van der Waals surface area contributed by atoms with Gasteiger partial charge in [-0.05, 0) is 29.7 Å². The molecule has 0 heterocycles. The Labute approximate surface area is 216 Å². The molecular weight excluding hydrogens is 491 g/mol. The molecule has 0 aliphatic heterocycles. The van der Waals surface area contributed by atoms with Crippen LogP contribution in [0.3, 0.4) is 0 Å². The van der Waals surface area contributed by atoms with Gasteiger partial charge in [0.05, 0.1) is 0 Å². The first-order valence-corrected chi connectivity index (χ1v) is 10.9. The van der Waals surface area contributed by atoms with E-state index in [1.165, 1.54) is 11.1 Å². The first-order chi connectivity index (χ1) is 15.9. The van der Waals surface area contributed by atoms with E-state index >= 15 is 0 Å². The van der Waals surface area contributed by atoms with Crippen LogP contribution in [0.4, 0.5) is 0 Å². The molecule has 4 aromatic rings. The fourth-order valence-corrected chi connectivity index (χ4v) is 2.99. The molecule has 0 aliphatic carbocycles. The zero-order valence-electron chi connectivity index (χ0n) is 18.3. The van der Waals surface area contributed by atoms with E-state index < -0.39 is 7.12 Å². The second-order valence-electron chi connectivity index (χ2n) is 6.97. The van der Waals surface area contributed by atoms with E-state index in [1.807, 2.05) is 60.7 Å². The topological polar surface area (TPSA) is 85.2 Å². The third-order valence-corrected chi connectivity index (χ3v) is 5.08. The lowest BCUT2D eigenvalue weighted by Gasteiger charge is -2.08. The highest BCUT2D eigenvalue weighted by molar-refractivity contribution is 6.58. The molecule has 4 rings (SSSR count). The van der Waals surface area contributed by atoms with Gasteiger partial charge in [0.25, 0.3) is 0 Å². The van der Waals surface area contributed by atoms with Crippen LogP contribution < -0.4 is 23.6 Å². The molecule has 0 fully saturated rings. The third kappa shape index (κ3) is 10.5. The Hall–Kier alpha value is -2.64. The first kappa shape index (κ1) is 29.4. The lowest BCUT2D eigenvalue weighted by molar-refractivity contribution is -0.411. The van der Waals surface area contributed by atoms with Gasteiger partial charge in [-0.2, -0.15) is 0 Å². The largest absolute Gasteiger partial charge is 1.00 e. The molecule has 0 aliphatic rings. The smallest absolute Gasteiger partial charge is 0.488 e. The maximum Gasteiger partial charge on any atom is 0.488 e. The van der Waals surface area contributed by atoms with Crippen molar-refractivity contribution in [2.75, 3.05) is 0 Å². The summed E-state index contributed by atoms with van der Waals surface area (Å²) in [6.07, 6.45) is 0.833. The maximum atomic E-state index is 10.0. The van der Waals surface area contributed by atoms with Crippen molar-refractivity contribution in [2.24, 2.45) is 0 Å². The van der Waals surface area contributed by atoms with Crippen LogP contribution in [0.5, 0.6) is 0 Å². The monoisotopic (exact) mass is 515 g/mol. The molecule has 0 aromatic heterocycles. The van der Waals surface area contributed by atoms with Crippen LogP contribution in [0.2, 0.25) is 10.0 Å². The average molecular weight is 517 g/mol. The van der Waals surface area contributed by atoms with Gasteiger partial charge < -0.3 is 28.2 Å². The van der Waals surface area contributed by atoms with Crippen molar-refractivity contribution in [3.63, 3.8) is 0 Å². The fourth-order valence-electron chi connectivity index (χ4n) is 2.74. The quantitative estimate of drug-likeness (QED) is 0.282. The highest BCUT2D eigenvalue weighted by Crippen LogP contribution is 2.19. The van der Waals surface area contributed by atoms with Crippen molar-refractivity contribution in [2.45, 2.75) is 6.04 Å². The summed E-state index contributed by atoms with van der Waals surface area (Å²) in [6.45, 7) is 0. The Balaban J connectivity index is 0.000000266. The molecule has 0 amide bonds. The van der Waals surface area contributed by atoms with E-state index in [0.29, 0.717) is 10.5 Å². The Morgan fingerprint density at radius 2 is 1.09 bits per heavy atom. The van der Waals surface area contributed by atoms with Gasteiger partial charge in [0.2, 0.25) is 0 Å². The molecule has 1 atom stereocenters. The summed E-state index contributed by atoms with van der Waals surface area (Å²) in [5, 5.41) is 18.6. The second-order valence-corrected chi connectivity index (χ2v) is 7.84. The molecule has 0 radical (unpaired) electrons. The van der Waals surface area contributed by atoms with Crippen molar-refractivity contribution in [1.29, 1.82) is 0 Å². The van der Waals surface area contributed by atoms with Gasteiger partial charge in [0.1, 0.15) is 12.3 Å². The van der Waals surface area contributed by atoms with Crippen LogP contribution in [-0.4, -0.2) is 23.5 Å². The summed E-state index contributed by atoms with van der Waals surface area (Å²) in [6, 6.07) is 33.7. The number of halogens is 3. The zero-order chi connectivity index (χ0) is 24.1. The van der Waals surface area contributed by atoms with Crippen molar-refractivity contribution in [3.05, 3.63) is 136 Å². The van der Waals surface area contributed by atoms with Crippen LogP contribution in [0.15, 0.2) is 109 Å². The predicted octanol–water partition coefficient (Wildman–Crippen LogP) is 1.19. The predicted molar refractivity (Wildman–Crippen MR) is 136 cm³/mol. The van der Waals surface area contributed by atoms with Crippen LogP contribution in [0.25, 0.3) is 0 Å². The molecule has 5 N–H and O–H groups in total. The molecule has 176 valence electrons. The summed E-state index contributed by atoms with van der Waals surface area (Å²) in [5.74, 6) is 0. The molecule has 0 bridgehead atoms. The van der Waals surface area contributed by atoms with Crippen molar-refractivity contribution in [3.8, 4) is 0 Å². The van der Waals surface area contributed by atoms with E-state index in [1.54, 1.807) is 36.4 Å². The van der Waals surface area contributed by atoms with Gasteiger partial charge >= 0.3 is 7.12 Å². The van der Waals surface area contributed by atoms with Crippen LogP contribution in [-0.2, 0) is 0 Å². The Morgan fingerprint density at radius 3 is 1.50 bits per heavy atom. The minimum Gasteiger partial charge on any atom is -1.00 e. The number of carbonyl (C=O) groups excluding carboxylic acids is 1. The molecule has 0 saturated heterocycles. The molecule has 34 heavy (non-hydrogen) atoms. The van der Waals surface area contributed by atoms with Crippen molar-refractivity contribution in [1.82, 2.24) is 0 Å². The summed E-state index contributed by atoms with van der Waals surface area (Å²) < 4.78 is 0. The molecule has 1 unspecified atom stereocenters. The maximum absolute atomic E-state index is 10.0. The summed E-state index contributed by atoms with van der Waals surface area (Å²) in [7, 11) is -1.41. The van der Waals surface area contributed by atoms with Gasteiger partial charge in [-0.1, -0.05) is 108 Å². The number of quaternary nitrogens is 1. The molecule has 0 spiro atoms. The number of hydrogen-bond donors (Lipinski definition) is 3. The van der Waals surface area contributed by atoms with Gasteiger partial charge in [0, 0.05) is 26.7 Å². The van der Waals surface area contributed by atoms with Gasteiger partial charge in [0.15, 0.2) is 0 Å². The second kappa shape index (κ2) is 16.1. The average Bonchev–Trinajstić information content (AvgIpc) is 2.86. The van der Waals surface area contributed by atoms with Crippen LogP contribution in [0, 0.1) is 0 Å². The van der Waals surface area contributed by atoms with E-state index in [-0.39, 0.29) is 18.4 Å². The Kier molecular flexibility index (Phi) is 13.9. The number of rotatable bonds is 4. The first-order valence-electron chi connectivity index (χ1n) is 10.2. The zero-order valence-corrected chi connectivity index (χ0v) is 20.5. The normalized spacial score (nSPS) is 10.3. The number of aldehydes is 1. The van der Waals surface area contributed by atoms with Gasteiger partial charge in [-0.15, -0.1) is 0 Å². The highest BCUT2D eigenvalue weighted by atomic mass is 35.5. The van der Waals surface area contributed by atoms with Gasteiger partial charge in [-0.25, -0.2) is 0 Å². The number of hydrogen-bond acceptors (Lipinski definition) is 3. The third-order valence-electron chi connectivity index (χ3n) is 4.58. The highest BCUT2D eigenvalue weighted by Gasteiger charge is 2.11. The van der Waals surface area contributed by atoms with Crippen molar-refractivity contribution < 1.29 is 33.0 Å². The lowest BCUT2D eigenvalue weighted by Crippen LogP contribution is -3.00. The Morgan fingerprint density at radius 1 is 0.676 bits per heavy atom. The number of carbonyl (C=O) groups is 1. The summed E-state index contributed by atoms with van der Waals surface area (Å²) >= 11 is 11.4. The lowest BCUT2D eigenvalue weighted by atomic mass is 9.81. The molecule has 0 saturated carbocycles. The van der Waals surface area contributed by atoms with E-state index in [9.17, 15) is 4.79 Å². The molecule has 4 aromatic carbocycles. The molecule has 8 heteroatoms. The van der Waals surface area contributed by atoms with Crippen LogP contribution >= 0.6 is 23.2 Å². The van der Waals surface area contributed by atoms with Crippen LogP contribution in [0.1, 0.15) is 27.5 Å². The van der Waals surface area contributed by atoms with Gasteiger partial charge in [-0.3, -0.25) is 4.79 Å². The minimum absolute atomic E-state index is 0. The Bertz CT molecular complexity index is 1080. The standard InChI is InChI=1S/C13H12ClN.C7H6O.C6H6BClO2.ClH/c14-12-8-6-11(7-9-12)13(15)10-4-2-1-3-5-10;8-6-7-4-2-1-3-5-7;8-6-3-1-5(2-4-6)7(9)10;/h1-9,13H,15H2;1-6H;1-4,9-10H;1H. The summed E-state index contributed by atoms with van der Waals surface area (Å²) in [4.78, 5) is 10.0. The fraction of sp³-hybridized carbons (Fsp3) is 0.0385. The van der Waals surface area contributed by atoms with E-state index in [2.05, 4.69) is 17.9 Å². The molecule has 4 nitrogen and oxygen atoms in total. The molecular formula is C26H25BCl3NO3. The minimum atomic E-state index is -1.41. The van der Waals surface area contributed by atoms with Crippen molar-refractivity contribution >= 4 is 42.1 Å². The number of benzene rings is 4. The van der Waals surface area contributed by atoms with E-state index in [4.69, 9.17) is 33.2 Å². The van der Waals surface area contributed by atoms with E-state index in [0.717, 1.165) is 16.9 Å². The SMILES string of the molecule is O=Cc1ccccc1.OB(O)c1ccc(Cl)cc1.[Cl-].[NH3+]C(c1ccccc1)c1ccc(Cl)cc1.